The Morgan fingerprint density at radius 1 is 1.07 bits per heavy atom. The lowest BCUT2D eigenvalue weighted by atomic mass is 10.1. The highest BCUT2D eigenvalue weighted by Crippen LogP contribution is 2.26. The van der Waals surface area contributed by atoms with Crippen molar-refractivity contribution in [2.75, 3.05) is 11.8 Å². The van der Waals surface area contributed by atoms with Gasteiger partial charge in [-0.25, -0.2) is 4.98 Å². The predicted molar refractivity (Wildman–Crippen MR) is 101 cm³/mol. The van der Waals surface area contributed by atoms with Crippen molar-refractivity contribution in [1.29, 1.82) is 5.26 Å². The fourth-order valence-electron chi connectivity index (χ4n) is 2.37. The fraction of sp³-hybridized carbons (Fsp3) is 0.105. The van der Waals surface area contributed by atoms with Gasteiger partial charge < -0.3 is 4.74 Å². The molecule has 8 heteroatoms. The van der Waals surface area contributed by atoms with Crippen LogP contribution in [0.2, 0.25) is 0 Å². The van der Waals surface area contributed by atoms with Gasteiger partial charge in [-0.05, 0) is 42.8 Å². The number of nitrogens with one attached hydrogen (secondary N) is 1. The first kappa shape index (κ1) is 18.4. The van der Waals surface area contributed by atoms with Crippen LogP contribution < -0.4 is 9.46 Å². The summed E-state index contributed by atoms with van der Waals surface area (Å²) in [6, 6.07) is 13.6. The molecule has 2 aromatic heterocycles. The van der Waals surface area contributed by atoms with Crippen molar-refractivity contribution in [1.82, 2.24) is 9.97 Å². The summed E-state index contributed by atoms with van der Waals surface area (Å²) in [4.78, 5) is 8.17. The normalized spacial score (nSPS) is 10.9. The average molecular weight is 380 g/mol. The van der Waals surface area contributed by atoms with E-state index in [0.717, 1.165) is 11.1 Å². The highest BCUT2D eigenvalue weighted by Gasteiger charge is 2.17. The second-order valence-electron chi connectivity index (χ2n) is 5.72. The van der Waals surface area contributed by atoms with Crippen LogP contribution in [-0.2, 0) is 10.0 Å². The molecule has 136 valence electrons. The quantitative estimate of drug-likeness (QED) is 0.729. The minimum atomic E-state index is -3.85. The second-order valence-corrected chi connectivity index (χ2v) is 7.34. The number of pyridine rings is 2. The van der Waals surface area contributed by atoms with Crippen LogP contribution in [0.1, 0.15) is 11.1 Å². The molecule has 0 atom stereocenters. The second kappa shape index (κ2) is 7.43. The van der Waals surface area contributed by atoms with Crippen LogP contribution in [0.3, 0.4) is 0 Å². The zero-order valence-corrected chi connectivity index (χ0v) is 15.5. The van der Waals surface area contributed by atoms with Gasteiger partial charge in [0.15, 0.2) is 5.03 Å². The molecule has 0 amide bonds. The van der Waals surface area contributed by atoms with E-state index in [2.05, 4.69) is 14.7 Å². The van der Waals surface area contributed by atoms with E-state index in [1.165, 1.54) is 31.6 Å². The van der Waals surface area contributed by atoms with Crippen LogP contribution in [0.15, 0.2) is 59.9 Å². The molecule has 1 aromatic carbocycles. The molecule has 0 bridgehead atoms. The first-order valence-corrected chi connectivity index (χ1v) is 9.41. The number of hydrogen-bond donors (Lipinski definition) is 1. The molecule has 0 saturated carbocycles. The molecule has 0 saturated heterocycles. The summed E-state index contributed by atoms with van der Waals surface area (Å²) >= 11 is 0. The molecule has 3 aromatic rings. The van der Waals surface area contributed by atoms with E-state index in [9.17, 15) is 8.42 Å². The summed E-state index contributed by atoms with van der Waals surface area (Å²) in [5, 5.41) is 8.76. The van der Waals surface area contributed by atoms with Gasteiger partial charge in [0, 0.05) is 11.8 Å². The molecule has 0 radical (unpaired) electrons. The third-order valence-electron chi connectivity index (χ3n) is 3.89. The van der Waals surface area contributed by atoms with E-state index in [0.29, 0.717) is 22.7 Å². The molecule has 27 heavy (non-hydrogen) atoms. The minimum Gasteiger partial charge on any atom is -0.495 e. The third kappa shape index (κ3) is 4.04. The van der Waals surface area contributed by atoms with Crippen LogP contribution in [0.5, 0.6) is 5.75 Å². The first-order valence-electron chi connectivity index (χ1n) is 7.93. The van der Waals surface area contributed by atoms with Crippen molar-refractivity contribution in [3.63, 3.8) is 0 Å². The first-order chi connectivity index (χ1) is 12.9. The van der Waals surface area contributed by atoms with Crippen molar-refractivity contribution < 1.29 is 13.2 Å². The van der Waals surface area contributed by atoms with Gasteiger partial charge in [-0.1, -0.05) is 12.1 Å². The summed E-state index contributed by atoms with van der Waals surface area (Å²) in [5.74, 6) is 0.471. The van der Waals surface area contributed by atoms with Crippen molar-refractivity contribution >= 4 is 15.7 Å². The fourth-order valence-corrected chi connectivity index (χ4v) is 3.42. The maximum atomic E-state index is 12.6. The molecule has 0 aliphatic heterocycles. The molecule has 0 spiro atoms. The monoisotopic (exact) mass is 380 g/mol. The summed E-state index contributed by atoms with van der Waals surface area (Å²) < 4.78 is 32.8. The van der Waals surface area contributed by atoms with Crippen LogP contribution in [0.4, 0.5) is 5.69 Å². The van der Waals surface area contributed by atoms with Crippen molar-refractivity contribution in [2.45, 2.75) is 11.9 Å². The summed E-state index contributed by atoms with van der Waals surface area (Å²) in [5.41, 5.74) is 3.00. The molecule has 3 rings (SSSR count). The summed E-state index contributed by atoms with van der Waals surface area (Å²) in [6.45, 7) is 1.80. The lowest BCUT2D eigenvalue weighted by Gasteiger charge is -2.12. The number of rotatable bonds is 5. The van der Waals surface area contributed by atoms with Gasteiger partial charge in [0.05, 0.1) is 30.3 Å². The lowest BCUT2D eigenvalue weighted by molar-refractivity contribution is 0.412. The van der Waals surface area contributed by atoms with E-state index in [-0.39, 0.29) is 5.03 Å². The number of anilines is 1. The van der Waals surface area contributed by atoms with Crippen molar-refractivity contribution in [3.05, 3.63) is 66.0 Å². The highest BCUT2D eigenvalue weighted by atomic mass is 32.2. The zero-order valence-electron chi connectivity index (χ0n) is 14.7. The number of nitriles is 1. The topological polar surface area (TPSA) is 105 Å². The Bertz CT molecular complexity index is 1100. The SMILES string of the molecule is COc1ccc(S(=O)(=O)Nc2cc(-c3ccc(C#N)cn3)ccc2C)nc1. The number of aromatic nitrogens is 2. The van der Waals surface area contributed by atoms with Crippen molar-refractivity contribution in [3.8, 4) is 23.1 Å². The van der Waals surface area contributed by atoms with E-state index >= 15 is 0 Å². The molecular formula is C19H16N4O3S. The number of methoxy groups -OCH3 is 1. The molecule has 1 N–H and O–H groups in total. The Hall–Kier alpha value is -3.44. The minimum absolute atomic E-state index is 0.107. The molecular weight excluding hydrogens is 364 g/mol. The van der Waals surface area contributed by atoms with Gasteiger partial charge in [-0.2, -0.15) is 13.7 Å². The van der Waals surface area contributed by atoms with E-state index in [4.69, 9.17) is 10.00 Å². The predicted octanol–water partition coefficient (Wildman–Crippen LogP) is 3.13. The van der Waals surface area contributed by atoms with Crippen molar-refractivity contribution in [2.24, 2.45) is 0 Å². The maximum Gasteiger partial charge on any atom is 0.279 e. The molecule has 2 heterocycles. The third-order valence-corrected chi connectivity index (χ3v) is 5.17. The van der Waals surface area contributed by atoms with Gasteiger partial charge in [0.1, 0.15) is 11.8 Å². The maximum absolute atomic E-state index is 12.6. The molecule has 0 fully saturated rings. The van der Waals surface area contributed by atoms with E-state index < -0.39 is 10.0 Å². The Labute approximate surface area is 157 Å². The number of nitrogens with zero attached hydrogens (tertiary/aromatic N) is 3. The Morgan fingerprint density at radius 3 is 2.48 bits per heavy atom. The molecule has 7 nitrogen and oxygen atoms in total. The zero-order chi connectivity index (χ0) is 19.4. The summed E-state index contributed by atoms with van der Waals surface area (Å²) in [7, 11) is -2.37. The average Bonchev–Trinajstić information content (AvgIpc) is 2.69. The van der Waals surface area contributed by atoms with Gasteiger partial charge >= 0.3 is 0 Å². The van der Waals surface area contributed by atoms with Crippen LogP contribution in [-0.4, -0.2) is 25.5 Å². The van der Waals surface area contributed by atoms with Gasteiger partial charge in [0.2, 0.25) is 0 Å². The molecule has 0 aliphatic rings. The lowest BCUT2D eigenvalue weighted by Crippen LogP contribution is -2.15. The Balaban J connectivity index is 1.92. The van der Waals surface area contributed by atoms with Gasteiger partial charge in [-0.15, -0.1) is 0 Å². The van der Waals surface area contributed by atoms with Gasteiger partial charge in [0.25, 0.3) is 10.0 Å². The molecule has 0 aliphatic carbocycles. The smallest absolute Gasteiger partial charge is 0.279 e. The van der Waals surface area contributed by atoms with Crippen LogP contribution in [0.25, 0.3) is 11.3 Å². The number of ether oxygens (including phenoxy) is 1. The number of benzene rings is 1. The highest BCUT2D eigenvalue weighted by molar-refractivity contribution is 7.92. The Morgan fingerprint density at radius 2 is 1.89 bits per heavy atom. The molecule has 0 unspecified atom stereocenters. The standard InChI is InChI=1S/C19H16N4O3S/c1-13-3-5-15(17-7-4-14(10-20)11-21-17)9-18(13)23-27(24,25)19-8-6-16(26-2)12-22-19/h3-9,11-12,23H,1-2H3. The largest absolute Gasteiger partial charge is 0.495 e. The number of hydrogen-bond acceptors (Lipinski definition) is 6. The van der Waals surface area contributed by atoms with Gasteiger partial charge in [-0.3, -0.25) is 9.71 Å². The van der Waals surface area contributed by atoms with E-state index in [1.807, 2.05) is 12.1 Å². The van der Waals surface area contributed by atoms with Crippen LogP contribution >= 0.6 is 0 Å². The summed E-state index contributed by atoms with van der Waals surface area (Å²) in [6.07, 6.45) is 2.82. The Kier molecular flexibility index (Phi) is 5.05. The number of sulfonamides is 1. The van der Waals surface area contributed by atoms with E-state index in [1.54, 1.807) is 31.2 Å². The number of aryl methyl sites for hydroxylation is 1. The van der Waals surface area contributed by atoms with Crippen LogP contribution in [0, 0.1) is 18.3 Å².